The average molecular weight is 300 g/mol. The van der Waals surface area contributed by atoms with Crippen molar-refractivity contribution in [1.82, 2.24) is 0 Å². The fraction of sp³-hybridized carbons (Fsp3) is 0.333. The number of carbonyl (C=O) groups excluding carboxylic acids is 1. The van der Waals surface area contributed by atoms with Gasteiger partial charge in [0.1, 0.15) is 11.3 Å². The third kappa shape index (κ3) is 3.27. The highest BCUT2D eigenvalue weighted by atomic mass is 16.5. The lowest BCUT2D eigenvalue weighted by molar-refractivity contribution is -0.134. The van der Waals surface area contributed by atoms with Crippen molar-refractivity contribution in [3.05, 3.63) is 52.4 Å². The van der Waals surface area contributed by atoms with Crippen LogP contribution in [0.2, 0.25) is 0 Å². The van der Waals surface area contributed by atoms with Crippen LogP contribution in [0.25, 0.3) is 11.0 Å². The van der Waals surface area contributed by atoms with E-state index in [9.17, 15) is 9.59 Å². The third-order valence-corrected chi connectivity index (χ3v) is 3.44. The first kappa shape index (κ1) is 16.0. The van der Waals surface area contributed by atoms with Gasteiger partial charge in [0.25, 0.3) is 0 Å². The van der Waals surface area contributed by atoms with E-state index in [0.717, 1.165) is 11.8 Å². The highest BCUT2D eigenvalue weighted by Gasteiger charge is 2.15. The molecule has 1 aromatic heterocycles. The number of esters is 1. The molecule has 2 rings (SSSR count). The molecular formula is C18H20O4. The monoisotopic (exact) mass is 300 g/mol. The summed E-state index contributed by atoms with van der Waals surface area (Å²) in [6, 6.07) is 5.37. The number of hydrogen-bond donors (Lipinski definition) is 0. The second-order valence-electron chi connectivity index (χ2n) is 5.09. The van der Waals surface area contributed by atoms with Gasteiger partial charge in [-0.05, 0) is 37.5 Å². The van der Waals surface area contributed by atoms with E-state index in [-0.39, 0.29) is 11.6 Å². The van der Waals surface area contributed by atoms with Gasteiger partial charge in [-0.15, -0.1) is 6.58 Å². The first-order valence-corrected chi connectivity index (χ1v) is 7.50. The Bertz CT molecular complexity index is 756. The zero-order valence-corrected chi connectivity index (χ0v) is 13.0. The standard InChI is InChI=1S/C18H20O4/c1-4-7-14-15(21-16(19)8-5-2)10-9-13-11-12(6-3)18(20)22-17(13)14/h4,9-11H,1,5-8H2,2-3H3. The highest BCUT2D eigenvalue weighted by Crippen LogP contribution is 2.29. The lowest BCUT2D eigenvalue weighted by Crippen LogP contribution is -2.10. The van der Waals surface area contributed by atoms with Crippen LogP contribution >= 0.6 is 0 Å². The minimum absolute atomic E-state index is 0.292. The maximum atomic E-state index is 12.0. The summed E-state index contributed by atoms with van der Waals surface area (Å²) in [7, 11) is 0. The number of hydrogen-bond acceptors (Lipinski definition) is 4. The maximum absolute atomic E-state index is 12.0. The van der Waals surface area contributed by atoms with Gasteiger partial charge in [-0.1, -0.05) is 19.9 Å². The number of carbonyl (C=O) groups is 1. The number of allylic oxidation sites excluding steroid dienone is 1. The molecule has 0 fully saturated rings. The van der Waals surface area contributed by atoms with Gasteiger partial charge in [0.05, 0.1) is 0 Å². The number of aryl methyl sites for hydroxylation is 1. The molecule has 0 amide bonds. The molecule has 116 valence electrons. The summed E-state index contributed by atoms with van der Waals surface area (Å²) in [5, 5.41) is 0.823. The Morgan fingerprint density at radius 2 is 2.14 bits per heavy atom. The van der Waals surface area contributed by atoms with Crippen molar-refractivity contribution >= 4 is 16.9 Å². The van der Waals surface area contributed by atoms with Crippen molar-refractivity contribution in [2.75, 3.05) is 0 Å². The topological polar surface area (TPSA) is 56.5 Å². The summed E-state index contributed by atoms with van der Waals surface area (Å²) in [6.45, 7) is 7.54. The average Bonchev–Trinajstić information content (AvgIpc) is 2.49. The van der Waals surface area contributed by atoms with Crippen LogP contribution in [0.1, 0.15) is 37.8 Å². The van der Waals surface area contributed by atoms with Crippen molar-refractivity contribution in [3.63, 3.8) is 0 Å². The fourth-order valence-electron chi connectivity index (χ4n) is 2.32. The van der Waals surface area contributed by atoms with Crippen LogP contribution in [-0.4, -0.2) is 5.97 Å². The van der Waals surface area contributed by atoms with E-state index in [2.05, 4.69) is 6.58 Å². The van der Waals surface area contributed by atoms with Crippen LogP contribution in [0.4, 0.5) is 0 Å². The zero-order valence-electron chi connectivity index (χ0n) is 13.0. The van der Waals surface area contributed by atoms with E-state index in [0.29, 0.717) is 41.7 Å². The molecule has 0 spiro atoms. The van der Waals surface area contributed by atoms with Crippen molar-refractivity contribution in [3.8, 4) is 5.75 Å². The second-order valence-corrected chi connectivity index (χ2v) is 5.09. The molecule has 4 heteroatoms. The smallest absolute Gasteiger partial charge is 0.339 e. The van der Waals surface area contributed by atoms with E-state index >= 15 is 0 Å². The number of ether oxygens (including phenoxy) is 1. The van der Waals surface area contributed by atoms with Crippen LogP contribution in [-0.2, 0) is 17.6 Å². The Hall–Kier alpha value is -2.36. The van der Waals surface area contributed by atoms with Gasteiger partial charge >= 0.3 is 11.6 Å². The van der Waals surface area contributed by atoms with Crippen LogP contribution in [0, 0.1) is 0 Å². The molecule has 1 aromatic carbocycles. The van der Waals surface area contributed by atoms with Gasteiger partial charge in [0.15, 0.2) is 0 Å². The SMILES string of the molecule is C=CCc1c(OC(=O)CCC)ccc2cc(CC)c(=O)oc12. The Morgan fingerprint density at radius 1 is 1.36 bits per heavy atom. The number of benzene rings is 1. The molecule has 22 heavy (non-hydrogen) atoms. The normalized spacial score (nSPS) is 10.6. The van der Waals surface area contributed by atoms with Crippen molar-refractivity contribution in [2.45, 2.75) is 39.5 Å². The lowest BCUT2D eigenvalue weighted by Gasteiger charge is -2.11. The maximum Gasteiger partial charge on any atom is 0.339 e. The van der Waals surface area contributed by atoms with E-state index < -0.39 is 0 Å². The molecule has 0 aliphatic rings. The van der Waals surface area contributed by atoms with Crippen molar-refractivity contribution in [2.24, 2.45) is 0 Å². The molecule has 0 aliphatic heterocycles. The molecule has 0 radical (unpaired) electrons. The summed E-state index contributed by atoms with van der Waals surface area (Å²) < 4.78 is 10.8. The van der Waals surface area contributed by atoms with Gasteiger partial charge in [0.2, 0.25) is 0 Å². The highest BCUT2D eigenvalue weighted by molar-refractivity contribution is 5.84. The summed E-state index contributed by atoms with van der Waals surface area (Å²) in [6.07, 6.45) is 3.84. The lowest BCUT2D eigenvalue weighted by atomic mass is 10.0. The predicted molar refractivity (Wildman–Crippen MR) is 86.3 cm³/mol. The largest absolute Gasteiger partial charge is 0.426 e. The molecule has 0 aliphatic carbocycles. The molecular weight excluding hydrogens is 280 g/mol. The van der Waals surface area contributed by atoms with E-state index in [1.165, 1.54) is 0 Å². The molecule has 2 aromatic rings. The third-order valence-electron chi connectivity index (χ3n) is 3.44. The summed E-state index contributed by atoms with van der Waals surface area (Å²) >= 11 is 0. The molecule has 0 unspecified atom stereocenters. The van der Waals surface area contributed by atoms with Crippen LogP contribution in [0.3, 0.4) is 0 Å². The predicted octanol–water partition coefficient (Wildman–Crippen LogP) is 3.79. The Kier molecular flexibility index (Phi) is 5.15. The summed E-state index contributed by atoms with van der Waals surface area (Å²) in [5.41, 5.74) is 1.42. The van der Waals surface area contributed by atoms with Crippen LogP contribution in [0.15, 0.2) is 40.1 Å². The van der Waals surface area contributed by atoms with E-state index in [1.807, 2.05) is 19.9 Å². The van der Waals surface area contributed by atoms with Crippen molar-refractivity contribution in [1.29, 1.82) is 0 Å². The van der Waals surface area contributed by atoms with Gasteiger partial charge in [-0.3, -0.25) is 4.79 Å². The van der Waals surface area contributed by atoms with Crippen LogP contribution < -0.4 is 10.4 Å². The first-order valence-electron chi connectivity index (χ1n) is 7.50. The minimum atomic E-state index is -0.350. The Balaban J connectivity index is 2.58. The van der Waals surface area contributed by atoms with Gasteiger partial charge in [-0.25, -0.2) is 4.79 Å². The summed E-state index contributed by atoms with van der Waals surface area (Å²) in [4.78, 5) is 23.7. The van der Waals surface area contributed by atoms with Gasteiger partial charge < -0.3 is 9.15 Å². The molecule has 0 atom stereocenters. The quantitative estimate of drug-likeness (QED) is 0.352. The molecule has 0 N–H and O–H groups in total. The molecule has 0 saturated carbocycles. The minimum Gasteiger partial charge on any atom is -0.426 e. The molecule has 1 heterocycles. The first-order chi connectivity index (χ1) is 10.6. The number of rotatable bonds is 6. The van der Waals surface area contributed by atoms with E-state index in [4.69, 9.17) is 9.15 Å². The van der Waals surface area contributed by atoms with E-state index in [1.54, 1.807) is 18.2 Å². The Labute approximate surface area is 129 Å². The molecule has 0 saturated heterocycles. The number of fused-ring (bicyclic) bond motifs is 1. The molecule has 0 bridgehead atoms. The zero-order chi connectivity index (χ0) is 16.1. The summed E-state index contributed by atoms with van der Waals surface area (Å²) in [5.74, 6) is 0.137. The van der Waals surface area contributed by atoms with Crippen LogP contribution in [0.5, 0.6) is 5.75 Å². The van der Waals surface area contributed by atoms with Gasteiger partial charge in [-0.2, -0.15) is 0 Å². The Morgan fingerprint density at radius 3 is 2.77 bits per heavy atom. The molecule has 4 nitrogen and oxygen atoms in total. The fourth-order valence-corrected chi connectivity index (χ4v) is 2.32. The second kappa shape index (κ2) is 7.07. The van der Waals surface area contributed by atoms with Gasteiger partial charge in [0, 0.05) is 22.9 Å². The van der Waals surface area contributed by atoms with Crippen molar-refractivity contribution < 1.29 is 13.9 Å².